The van der Waals surface area contributed by atoms with E-state index in [0.717, 1.165) is 48.5 Å². The number of nitrogens with zero attached hydrogens (tertiary/aromatic N) is 4. The van der Waals surface area contributed by atoms with Gasteiger partial charge in [-0.1, -0.05) is 57.2 Å². The van der Waals surface area contributed by atoms with Crippen molar-refractivity contribution in [1.29, 1.82) is 0 Å². The number of amides is 3. The summed E-state index contributed by atoms with van der Waals surface area (Å²) in [5.74, 6) is -1.15. The van der Waals surface area contributed by atoms with Crippen LogP contribution >= 0.6 is 11.3 Å². The summed E-state index contributed by atoms with van der Waals surface area (Å²) in [6, 6.07) is 18.7. The Morgan fingerprint density at radius 1 is 0.873 bits per heavy atom. The second-order valence-corrected chi connectivity index (χ2v) is 15.8. The number of carbonyl (C=O) groups excluding carboxylic acids is 3. The SMILES string of the molecule is CC(C)(C)CCOCCOCCOCCC(=O)N1CCN(c2ccc(-c3ccc4c(c3)C(=O)N(C(C(=O)Nc3nccs3)c3cccc(F)c3)C4)cc2)CC1. The zero-order valence-corrected chi connectivity index (χ0v) is 32.6. The van der Waals surface area contributed by atoms with E-state index in [4.69, 9.17) is 14.2 Å². The van der Waals surface area contributed by atoms with Gasteiger partial charge in [-0.05, 0) is 64.4 Å². The van der Waals surface area contributed by atoms with Gasteiger partial charge in [-0.25, -0.2) is 9.37 Å². The molecule has 3 amide bonds. The Morgan fingerprint density at radius 2 is 1.56 bits per heavy atom. The number of nitrogens with one attached hydrogen (secondary N) is 1. The van der Waals surface area contributed by atoms with Crippen LogP contribution in [0.15, 0.2) is 78.3 Å². The lowest BCUT2D eigenvalue weighted by Gasteiger charge is -2.36. The van der Waals surface area contributed by atoms with E-state index >= 15 is 0 Å². The van der Waals surface area contributed by atoms with Crippen LogP contribution in [0.3, 0.4) is 0 Å². The van der Waals surface area contributed by atoms with E-state index in [9.17, 15) is 18.8 Å². The Balaban J connectivity index is 0.962. The number of hydrogen-bond donors (Lipinski definition) is 1. The Labute approximate surface area is 326 Å². The summed E-state index contributed by atoms with van der Waals surface area (Å²) >= 11 is 1.27. The molecule has 1 aromatic heterocycles. The molecule has 1 fully saturated rings. The number of piperazine rings is 1. The molecule has 1 N–H and O–H groups in total. The molecule has 1 atom stereocenters. The van der Waals surface area contributed by atoms with Gasteiger partial charge >= 0.3 is 0 Å². The summed E-state index contributed by atoms with van der Waals surface area (Å²) in [4.78, 5) is 50.0. The predicted molar refractivity (Wildman–Crippen MR) is 212 cm³/mol. The number of thiazole rings is 1. The number of aromatic nitrogens is 1. The van der Waals surface area contributed by atoms with Gasteiger partial charge in [-0.3, -0.25) is 19.7 Å². The van der Waals surface area contributed by atoms with Gasteiger partial charge in [0.05, 0.1) is 39.5 Å². The van der Waals surface area contributed by atoms with Crippen LogP contribution < -0.4 is 10.2 Å². The fourth-order valence-corrected chi connectivity index (χ4v) is 7.17. The van der Waals surface area contributed by atoms with Crippen LogP contribution in [0.25, 0.3) is 11.1 Å². The Bertz CT molecular complexity index is 1890. The highest BCUT2D eigenvalue weighted by Crippen LogP contribution is 2.35. The van der Waals surface area contributed by atoms with Crippen molar-refractivity contribution in [3.05, 3.63) is 101 Å². The number of benzene rings is 3. The van der Waals surface area contributed by atoms with Crippen LogP contribution in [-0.2, 0) is 30.3 Å². The number of hydrogen-bond acceptors (Lipinski definition) is 9. The average Bonchev–Trinajstić information content (AvgIpc) is 3.80. The molecule has 0 saturated carbocycles. The number of anilines is 2. The fourth-order valence-electron chi connectivity index (χ4n) is 6.64. The minimum atomic E-state index is -1.05. The van der Waals surface area contributed by atoms with Crippen molar-refractivity contribution < 1.29 is 33.0 Å². The van der Waals surface area contributed by atoms with E-state index in [2.05, 4.69) is 48.1 Å². The number of fused-ring (bicyclic) bond motifs is 1. The van der Waals surface area contributed by atoms with E-state index in [1.165, 1.54) is 34.4 Å². The highest BCUT2D eigenvalue weighted by molar-refractivity contribution is 7.13. The molecule has 1 unspecified atom stereocenters. The van der Waals surface area contributed by atoms with Gasteiger partial charge in [0.2, 0.25) is 5.91 Å². The van der Waals surface area contributed by atoms with Crippen LogP contribution in [0.4, 0.5) is 15.2 Å². The highest BCUT2D eigenvalue weighted by atomic mass is 32.1. The third-order valence-electron chi connectivity index (χ3n) is 9.73. The van der Waals surface area contributed by atoms with Crippen LogP contribution in [0, 0.1) is 11.2 Å². The van der Waals surface area contributed by atoms with Crippen molar-refractivity contribution in [2.75, 3.05) is 76.0 Å². The van der Waals surface area contributed by atoms with Crippen molar-refractivity contribution in [1.82, 2.24) is 14.8 Å². The summed E-state index contributed by atoms with van der Waals surface area (Å²) in [5.41, 5.74) is 4.84. The fraction of sp³-hybridized carbons (Fsp3) is 0.429. The molecule has 11 nitrogen and oxygen atoms in total. The largest absolute Gasteiger partial charge is 0.379 e. The lowest BCUT2D eigenvalue weighted by atomic mass is 9.93. The summed E-state index contributed by atoms with van der Waals surface area (Å²) in [6.07, 6.45) is 2.94. The Kier molecular flexibility index (Phi) is 13.6. The van der Waals surface area contributed by atoms with E-state index in [1.54, 1.807) is 17.6 Å². The molecule has 6 rings (SSSR count). The zero-order valence-electron chi connectivity index (χ0n) is 31.8. The van der Waals surface area contributed by atoms with Gasteiger partial charge in [-0.15, -0.1) is 11.3 Å². The van der Waals surface area contributed by atoms with Crippen molar-refractivity contribution >= 4 is 39.9 Å². The van der Waals surface area contributed by atoms with Crippen molar-refractivity contribution in [2.45, 2.75) is 46.2 Å². The van der Waals surface area contributed by atoms with E-state index in [1.807, 2.05) is 35.2 Å². The molecule has 13 heteroatoms. The number of ether oxygens (including phenoxy) is 3. The van der Waals surface area contributed by atoms with Gasteiger partial charge in [0, 0.05) is 62.2 Å². The van der Waals surface area contributed by atoms with Gasteiger partial charge in [0.1, 0.15) is 11.9 Å². The van der Waals surface area contributed by atoms with Crippen LogP contribution in [0.1, 0.15) is 61.1 Å². The maximum absolute atomic E-state index is 14.3. The van der Waals surface area contributed by atoms with Crippen LogP contribution in [0.2, 0.25) is 0 Å². The van der Waals surface area contributed by atoms with Crippen LogP contribution in [0.5, 0.6) is 0 Å². The maximum atomic E-state index is 14.3. The van der Waals surface area contributed by atoms with Gasteiger partial charge in [-0.2, -0.15) is 0 Å². The van der Waals surface area contributed by atoms with E-state index in [0.29, 0.717) is 68.8 Å². The minimum Gasteiger partial charge on any atom is -0.379 e. The average molecular weight is 772 g/mol. The third kappa shape index (κ3) is 11.0. The highest BCUT2D eigenvalue weighted by Gasteiger charge is 2.38. The molecule has 0 bridgehead atoms. The molecule has 3 aromatic carbocycles. The molecule has 0 radical (unpaired) electrons. The summed E-state index contributed by atoms with van der Waals surface area (Å²) in [7, 11) is 0. The van der Waals surface area contributed by atoms with Crippen molar-refractivity contribution in [3.63, 3.8) is 0 Å². The number of halogens is 1. The first-order valence-electron chi connectivity index (χ1n) is 18.8. The van der Waals surface area contributed by atoms with Gasteiger partial charge in [0.25, 0.3) is 11.8 Å². The first-order chi connectivity index (χ1) is 26.6. The van der Waals surface area contributed by atoms with Crippen molar-refractivity contribution in [2.24, 2.45) is 5.41 Å². The van der Waals surface area contributed by atoms with E-state index < -0.39 is 17.8 Å². The molecule has 1 saturated heterocycles. The third-order valence-corrected chi connectivity index (χ3v) is 10.4. The normalized spacial score (nSPS) is 15.0. The first-order valence-corrected chi connectivity index (χ1v) is 19.7. The maximum Gasteiger partial charge on any atom is 0.255 e. The smallest absolute Gasteiger partial charge is 0.255 e. The molecule has 4 aromatic rings. The van der Waals surface area contributed by atoms with Gasteiger partial charge < -0.3 is 28.9 Å². The molecule has 3 heterocycles. The quantitative estimate of drug-likeness (QED) is 0.117. The monoisotopic (exact) mass is 771 g/mol. The standard InChI is InChI=1S/C42H50FN5O6S/c1-42(2,3)14-21-53-23-25-54-24-22-52-20-13-37(49)47-18-16-46(17-19-47)35-11-9-30(10-12-35)31-7-8-33-29-48(40(51)36(33)28-31)38(32-5-4-6-34(43)27-32)39(50)45-41-44-15-26-55-41/h4-12,15,26-28,38H,13-14,16-25,29H2,1-3H3,(H,44,45,50). The molecule has 2 aliphatic rings. The first kappa shape index (κ1) is 40.0. The van der Waals surface area contributed by atoms with E-state index in [-0.39, 0.29) is 23.8 Å². The predicted octanol–water partition coefficient (Wildman–Crippen LogP) is 6.81. The number of rotatable bonds is 17. The minimum absolute atomic E-state index is 0.0929. The zero-order chi connectivity index (χ0) is 38.8. The molecular weight excluding hydrogens is 722 g/mol. The summed E-state index contributed by atoms with van der Waals surface area (Å²) in [6.45, 7) is 12.7. The Hall–Kier alpha value is -4.69. The van der Waals surface area contributed by atoms with Gasteiger partial charge in [0.15, 0.2) is 5.13 Å². The molecular formula is C42H50FN5O6S. The molecule has 2 aliphatic heterocycles. The summed E-state index contributed by atoms with van der Waals surface area (Å²) in [5, 5.41) is 4.93. The second-order valence-electron chi connectivity index (χ2n) is 14.9. The molecule has 292 valence electrons. The number of carbonyl (C=O) groups is 3. The molecule has 0 spiro atoms. The lowest BCUT2D eigenvalue weighted by Crippen LogP contribution is -2.49. The second kappa shape index (κ2) is 18.8. The van der Waals surface area contributed by atoms with Crippen molar-refractivity contribution in [3.8, 4) is 11.1 Å². The van der Waals surface area contributed by atoms with Crippen LogP contribution in [-0.4, -0.2) is 98.3 Å². The summed E-state index contributed by atoms with van der Waals surface area (Å²) < 4.78 is 31.1. The topological polar surface area (TPSA) is 114 Å². The Morgan fingerprint density at radius 3 is 2.24 bits per heavy atom. The molecule has 55 heavy (non-hydrogen) atoms. The lowest BCUT2D eigenvalue weighted by molar-refractivity contribution is -0.132. The molecule has 0 aliphatic carbocycles.